The lowest BCUT2D eigenvalue weighted by molar-refractivity contribution is -0.122. The molecule has 0 radical (unpaired) electrons. The number of aliphatic hydroxyl groups is 1. The molecular formula is C17H20N2O3. The normalized spacial score (nSPS) is 11.9. The van der Waals surface area contributed by atoms with Crippen molar-refractivity contribution in [2.45, 2.75) is 26.0 Å². The lowest BCUT2D eigenvalue weighted by atomic mass is 10.1. The summed E-state index contributed by atoms with van der Waals surface area (Å²) in [5.41, 5.74) is 1.43. The molecule has 0 spiro atoms. The van der Waals surface area contributed by atoms with Crippen LogP contribution < -0.4 is 10.9 Å². The summed E-state index contributed by atoms with van der Waals surface area (Å²) in [6.07, 6.45) is 1.40. The lowest BCUT2D eigenvalue weighted by Crippen LogP contribution is -2.37. The Morgan fingerprint density at radius 3 is 2.68 bits per heavy atom. The molecule has 2 N–H and O–H groups in total. The Hall–Kier alpha value is -2.40. The minimum atomic E-state index is -0.652. The zero-order valence-corrected chi connectivity index (χ0v) is 12.5. The molecule has 1 unspecified atom stereocenters. The number of nitrogens with zero attached hydrogens (tertiary/aromatic N) is 1. The van der Waals surface area contributed by atoms with E-state index in [2.05, 4.69) is 5.32 Å². The summed E-state index contributed by atoms with van der Waals surface area (Å²) in [6, 6.07) is 13.0. The number of rotatable bonds is 6. The zero-order valence-electron chi connectivity index (χ0n) is 12.5. The SMILES string of the molecule is Cc1cccn(CC(=O)NCC(O)Cc2ccccc2)c1=O. The molecule has 1 aromatic heterocycles. The second-order valence-electron chi connectivity index (χ2n) is 5.27. The van der Waals surface area contributed by atoms with Crippen molar-refractivity contribution in [2.75, 3.05) is 6.54 Å². The molecule has 0 aliphatic carbocycles. The molecule has 5 nitrogen and oxygen atoms in total. The van der Waals surface area contributed by atoms with Crippen molar-refractivity contribution in [2.24, 2.45) is 0 Å². The van der Waals surface area contributed by atoms with E-state index in [1.807, 2.05) is 30.3 Å². The summed E-state index contributed by atoms with van der Waals surface area (Å²) in [6.45, 7) is 1.83. The first-order valence-electron chi connectivity index (χ1n) is 7.21. The number of nitrogens with one attached hydrogen (secondary N) is 1. The number of pyridine rings is 1. The minimum absolute atomic E-state index is 0.0431. The molecular weight excluding hydrogens is 280 g/mol. The van der Waals surface area contributed by atoms with Gasteiger partial charge in [0.2, 0.25) is 5.91 Å². The fraction of sp³-hybridized carbons (Fsp3) is 0.294. The van der Waals surface area contributed by atoms with Gasteiger partial charge in [-0.1, -0.05) is 36.4 Å². The van der Waals surface area contributed by atoms with Crippen LogP contribution in [0.2, 0.25) is 0 Å². The number of aryl methyl sites for hydroxylation is 1. The van der Waals surface area contributed by atoms with Gasteiger partial charge in [-0.15, -0.1) is 0 Å². The Kier molecular flexibility index (Phi) is 5.49. The van der Waals surface area contributed by atoms with Crippen LogP contribution >= 0.6 is 0 Å². The average molecular weight is 300 g/mol. The lowest BCUT2D eigenvalue weighted by Gasteiger charge is -2.12. The third kappa shape index (κ3) is 4.56. The molecule has 1 heterocycles. The Labute approximate surface area is 129 Å². The van der Waals surface area contributed by atoms with Crippen molar-refractivity contribution in [1.29, 1.82) is 0 Å². The van der Waals surface area contributed by atoms with Gasteiger partial charge in [-0.25, -0.2) is 0 Å². The third-order valence-corrected chi connectivity index (χ3v) is 3.37. The summed E-state index contributed by atoms with van der Waals surface area (Å²) >= 11 is 0. The van der Waals surface area contributed by atoms with E-state index in [9.17, 15) is 14.7 Å². The highest BCUT2D eigenvalue weighted by atomic mass is 16.3. The van der Waals surface area contributed by atoms with E-state index in [0.717, 1.165) is 5.56 Å². The first-order chi connectivity index (χ1) is 10.6. The van der Waals surface area contributed by atoms with Crippen molar-refractivity contribution < 1.29 is 9.90 Å². The highest BCUT2D eigenvalue weighted by Crippen LogP contribution is 2.02. The van der Waals surface area contributed by atoms with Gasteiger partial charge < -0.3 is 15.0 Å². The summed E-state index contributed by atoms with van der Waals surface area (Å²) < 4.78 is 1.36. The molecule has 1 atom stereocenters. The maximum atomic E-state index is 11.9. The Bertz CT molecular complexity index is 680. The van der Waals surface area contributed by atoms with E-state index in [0.29, 0.717) is 12.0 Å². The molecule has 1 amide bonds. The first-order valence-corrected chi connectivity index (χ1v) is 7.21. The highest BCUT2D eigenvalue weighted by molar-refractivity contribution is 5.75. The number of aliphatic hydroxyl groups excluding tert-OH is 1. The number of hydrogen-bond acceptors (Lipinski definition) is 3. The maximum absolute atomic E-state index is 11.9. The van der Waals surface area contributed by atoms with Gasteiger partial charge in [0.05, 0.1) is 6.10 Å². The smallest absolute Gasteiger partial charge is 0.253 e. The van der Waals surface area contributed by atoms with Crippen LogP contribution in [0.4, 0.5) is 0 Å². The molecule has 0 fully saturated rings. The van der Waals surface area contributed by atoms with Gasteiger partial charge >= 0.3 is 0 Å². The van der Waals surface area contributed by atoms with Crippen molar-refractivity contribution in [3.05, 3.63) is 70.1 Å². The van der Waals surface area contributed by atoms with E-state index in [-0.39, 0.29) is 24.6 Å². The molecule has 0 saturated carbocycles. The quantitative estimate of drug-likeness (QED) is 0.832. The summed E-state index contributed by atoms with van der Waals surface area (Å²) in [7, 11) is 0. The average Bonchev–Trinajstić information content (AvgIpc) is 2.51. The number of carbonyl (C=O) groups is 1. The monoisotopic (exact) mass is 300 g/mol. The van der Waals surface area contributed by atoms with Crippen molar-refractivity contribution in [3.8, 4) is 0 Å². The summed E-state index contributed by atoms with van der Waals surface area (Å²) in [5.74, 6) is -0.292. The molecule has 5 heteroatoms. The van der Waals surface area contributed by atoms with Crippen LogP contribution in [0, 0.1) is 6.92 Å². The first kappa shape index (κ1) is 16.0. The maximum Gasteiger partial charge on any atom is 0.253 e. The van der Waals surface area contributed by atoms with Crippen LogP contribution in [-0.2, 0) is 17.8 Å². The van der Waals surface area contributed by atoms with Gasteiger partial charge in [-0.05, 0) is 18.6 Å². The van der Waals surface area contributed by atoms with E-state index in [4.69, 9.17) is 0 Å². The van der Waals surface area contributed by atoms with Gasteiger partial charge in [-0.2, -0.15) is 0 Å². The van der Waals surface area contributed by atoms with Crippen LogP contribution in [-0.4, -0.2) is 28.2 Å². The molecule has 1 aromatic carbocycles. The molecule has 22 heavy (non-hydrogen) atoms. The Balaban J connectivity index is 1.82. The van der Waals surface area contributed by atoms with Gasteiger partial charge in [0, 0.05) is 24.7 Å². The van der Waals surface area contributed by atoms with Gasteiger partial charge in [0.25, 0.3) is 5.56 Å². The molecule has 2 rings (SSSR count). The molecule has 0 aliphatic heterocycles. The van der Waals surface area contributed by atoms with Crippen molar-refractivity contribution >= 4 is 5.91 Å². The predicted molar refractivity (Wildman–Crippen MR) is 84.6 cm³/mol. The zero-order chi connectivity index (χ0) is 15.9. The molecule has 0 saturated heterocycles. The van der Waals surface area contributed by atoms with E-state index < -0.39 is 6.10 Å². The number of hydrogen-bond donors (Lipinski definition) is 2. The van der Waals surface area contributed by atoms with Crippen LogP contribution in [0.1, 0.15) is 11.1 Å². The van der Waals surface area contributed by atoms with E-state index in [1.54, 1.807) is 25.3 Å². The van der Waals surface area contributed by atoms with E-state index in [1.165, 1.54) is 4.57 Å². The Morgan fingerprint density at radius 1 is 1.23 bits per heavy atom. The summed E-state index contributed by atoms with van der Waals surface area (Å²) in [5, 5.41) is 12.6. The summed E-state index contributed by atoms with van der Waals surface area (Å²) in [4.78, 5) is 23.7. The number of carbonyl (C=O) groups excluding carboxylic acids is 1. The topological polar surface area (TPSA) is 71.3 Å². The fourth-order valence-electron chi connectivity index (χ4n) is 2.18. The van der Waals surface area contributed by atoms with Crippen LogP contribution in [0.15, 0.2) is 53.5 Å². The molecule has 116 valence electrons. The number of benzene rings is 1. The molecule has 0 bridgehead atoms. The predicted octanol–water partition coefficient (Wildman–Crippen LogP) is 0.877. The van der Waals surface area contributed by atoms with Gasteiger partial charge in [0.15, 0.2) is 0 Å². The molecule has 0 aliphatic rings. The van der Waals surface area contributed by atoms with Crippen LogP contribution in [0.3, 0.4) is 0 Å². The van der Waals surface area contributed by atoms with Gasteiger partial charge in [-0.3, -0.25) is 9.59 Å². The van der Waals surface area contributed by atoms with Crippen molar-refractivity contribution in [3.63, 3.8) is 0 Å². The second kappa shape index (κ2) is 7.56. The highest BCUT2D eigenvalue weighted by Gasteiger charge is 2.09. The largest absolute Gasteiger partial charge is 0.391 e. The third-order valence-electron chi connectivity index (χ3n) is 3.37. The fourth-order valence-corrected chi connectivity index (χ4v) is 2.18. The standard InChI is InChI=1S/C17H20N2O3/c1-13-6-5-9-19(17(13)22)12-16(21)18-11-15(20)10-14-7-3-2-4-8-14/h2-9,15,20H,10-12H2,1H3,(H,18,21). The minimum Gasteiger partial charge on any atom is -0.391 e. The second-order valence-corrected chi connectivity index (χ2v) is 5.27. The van der Waals surface area contributed by atoms with Crippen LogP contribution in [0.25, 0.3) is 0 Å². The van der Waals surface area contributed by atoms with Crippen LogP contribution in [0.5, 0.6) is 0 Å². The van der Waals surface area contributed by atoms with E-state index >= 15 is 0 Å². The number of aromatic nitrogens is 1. The number of amides is 1. The van der Waals surface area contributed by atoms with Crippen molar-refractivity contribution in [1.82, 2.24) is 9.88 Å². The Morgan fingerprint density at radius 2 is 1.95 bits per heavy atom. The molecule has 2 aromatic rings. The van der Waals surface area contributed by atoms with Gasteiger partial charge in [0.1, 0.15) is 6.54 Å².